The van der Waals surface area contributed by atoms with E-state index >= 15 is 0 Å². The Kier molecular flexibility index (Phi) is 5.68. The minimum absolute atomic E-state index is 0.102. The quantitative estimate of drug-likeness (QED) is 0.744. The minimum atomic E-state index is -0.922. The summed E-state index contributed by atoms with van der Waals surface area (Å²) in [6.07, 6.45) is 1.61. The van der Waals surface area contributed by atoms with Crippen molar-refractivity contribution < 1.29 is 19.4 Å². The monoisotopic (exact) mass is 374 g/mol. The van der Waals surface area contributed by atoms with Crippen LogP contribution in [0.25, 0.3) is 0 Å². The van der Waals surface area contributed by atoms with Crippen LogP contribution in [0.5, 0.6) is 5.75 Å². The van der Waals surface area contributed by atoms with Gasteiger partial charge in [0.25, 0.3) is 0 Å². The van der Waals surface area contributed by atoms with Crippen LogP contribution in [0.3, 0.4) is 0 Å². The molecule has 1 N–H and O–H groups in total. The van der Waals surface area contributed by atoms with E-state index in [1.165, 1.54) is 16.0 Å². The van der Waals surface area contributed by atoms with Crippen molar-refractivity contribution in [2.24, 2.45) is 5.41 Å². The second-order valence-electron chi connectivity index (χ2n) is 7.58. The van der Waals surface area contributed by atoms with Crippen molar-refractivity contribution >= 4 is 17.3 Å². The third kappa shape index (κ3) is 4.46. The van der Waals surface area contributed by atoms with Gasteiger partial charge in [0.05, 0.1) is 13.2 Å². The molecule has 1 unspecified atom stereocenters. The van der Waals surface area contributed by atoms with Crippen molar-refractivity contribution in [1.29, 1.82) is 0 Å². The Bertz CT molecular complexity index is 776. The number of carboxylic acids is 1. The number of benzene rings is 1. The zero-order valence-corrected chi connectivity index (χ0v) is 16.4. The zero-order valence-electron chi connectivity index (χ0n) is 15.6. The summed E-state index contributed by atoms with van der Waals surface area (Å²) >= 11 is 1.80. The van der Waals surface area contributed by atoms with Gasteiger partial charge in [-0.1, -0.05) is 19.1 Å². The molecule has 1 atom stereocenters. The molecule has 0 bridgehead atoms. The maximum atomic E-state index is 11.6. The number of carboxylic acid groups (broad SMARTS) is 1. The lowest BCUT2D eigenvalue weighted by molar-refractivity contribution is -0.155. The van der Waals surface area contributed by atoms with E-state index in [2.05, 4.69) is 24.4 Å². The van der Waals surface area contributed by atoms with Crippen molar-refractivity contribution in [2.45, 2.75) is 46.1 Å². The van der Waals surface area contributed by atoms with Gasteiger partial charge in [0.15, 0.2) is 6.10 Å². The Hall–Kier alpha value is -1.85. The number of ether oxygens (including phenoxy) is 2. The Morgan fingerprint density at radius 3 is 2.58 bits per heavy atom. The number of hydrogen-bond donors (Lipinski definition) is 1. The summed E-state index contributed by atoms with van der Waals surface area (Å²) in [7, 11) is 0. The zero-order chi connectivity index (χ0) is 18.7. The van der Waals surface area contributed by atoms with Gasteiger partial charge in [0.1, 0.15) is 5.75 Å². The lowest BCUT2D eigenvalue weighted by Crippen LogP contribution is -2.45. The van der Waals surface area contributed by atoms with Crippen molar-refractivity contribution in [3.63, 3.8) is 0 Å². The molecule has 26 heavy (non-hydrogen) atoms. The van der Waals surface area contributed by atoms with E-state index in [1.807, 2.05) is 26.0 Å². The molecule has 140 valence electrons. The largest absolute Gasteiger partial charge is 0.479 e. The van der Waals surface area contributed by atoms with Crippen LogP contribution in [0.15, 0.2) is 29.6 Å². The maximum Gasteiger partial charge on any atom is 0.344 e. The highest BCUT2D eigenvalue weighted by molar-refractivity contribution is 7.10. The standard InChI is InChI=1S/C21H26O4S/c1-14-8-9-26-19(14)7-5-16-4-6-17(15(2)10-16)25-18(20(22)23)11-21(3)12-24-13-21/h4,6,8-10,18H,5,7,11-13H2,1-3H3,(H,22,23). The summed E-state index contributed by atoms with van der Waals surface area (Å²) in [6, 6.07) is 8.20. The van der Waals surface area contributed by atoms with Crippen molar-refractivity contribution in [3.05, 3.63) is 51.2 Å². The van der Waals surface area contributed by atoms with Crippen LogP contribution in [0.2, 0.25) is 0 Å². The van der Waals surface area contributed by atoms with Gasteiger partial charge in [-0.3, -0.25) is 0 Å². The minimum Gasteiger partial charge on any atom is -0.479 e. The summed E-state index contributed by atoms with van der Waals surface area (Å²) in [5.41, 5.74) is 3.47. The fraction of sp³-hybridized carbons (Fsp3) is 0.476. The lowest BCUT2D eigenvalue weighted by Gasteiger charge is -2.39. The van der Waals surface area contributed by atoms with E-state index in [0.717, 1.165) is 18.4 Å². The summed E-state index contributed by atoms with van der Waals surface area (Å²) in [6.45, 7) is 7.36. The van der Waals surface area contributed by atoms with Crippen molar-refractivity contribution in [1.82, 2.24) is 0 Å². The summed E-state index contributed by atoms with van der Waals surface area (Å²) in [4.78, 5) is 13.0. The Labute approximate surface area is 158 Å². The van der Waals surface area contributed by atoms with Gasteiger partial charge in [0.2, 0.25) is 0 Å². The van der Waals surface area contributed by atoms with Crippen LogP contribution < -0.4 is 4.74 Å². The van der Waals surface area contributed by atoms with Gasteiger partial charge in [-0.25, -0.2) is 4.79 Å². The molecular formula is C21H26O4S. The van der Waals surface area contributed by atoms with Gasteiger partial charge < -0.3 is 14.6 Å². The molecule has 1 aromatic heterocycles. The van der Waals surface area contributed by atoms with Gasteiger partial charge in [-0.2, -0.15) is 0 Å². The SMILES string of the molecule is Cc1cc(CCc2sccc2C)ccc1OC(CC1(C)COC1)C(=O)O. The fourth-order valence-corrected chi connectivity index (χ4v) is 4.18. The average Bonchev–Trinajstić information content (AvgIpc) is 2.97. The fourth-order valence-electron chi connectivity index (χ4n) is 3.27. The average molecular weight is 375 g/mol. The number of hydrogen-bond acceptors (Lipinski definition) is 4. The first-order valence-corrected chi connectivity index (χ1v) is 9.84. The molecule has 0 aliphatic carbocycles. The van der Waals surface area contributed by atoms with Crippen molar-refractivity contribution in [2.75, 3.05) is 13.2 Å². The van der Waals surface area contributed by atoms with Crippen LogP contribution in [-0.4, -0.2) is 30.4 Å². The first-order chi connectivity index (χ1) is 12.4. The Balaban J connectivity index is 1.64. The molecule has 0 saturated carbocycles. The van der Waals surface area contributed by atoms with E-state index < -0.39 is 12.1 Å². The normalized spacial score (nSPS) is 16.7. The molecule has 1 aliphatic heterocycles. The maximum absolute atomic E-state index is 11.6. The highest BCUT2D eigenvalue weighted by atomic mass is 32.1. The molecule has 1 aromatic carbocycles. The molecule has 2 aromatic rings. The molecule has 4 nitrogen and oxygen atoms in total. The molecule has 3 rings (SSSR count). The summed E-state index contributed by atoms with van der Waals surface area (Å²) in [5, 5.41) is 11.6. The highest BCUT2D eigenvalue weighted by Crippen LogP contribution is 2.34. The molecule has 5 heteroatoms. The first kappa shape index (κ1) is 18.9. The first-order valence-electron chi connectivity index (χ1n) is 8.96. The molecule has 1 aliphatic rings. The van der Waals surface area contributed by atoms with E-state index in [9.17, 15) is 9.90 Å². The van der Waals surface area contributed by atoms with E-state index in [-0.39, 0.29) is 5.41 Å². The van der Waals surface area contributed by atoms with E-state index in [4.69, 9.17) is 9.47 Å². The van der Waals surface area contributed by atoms with Crippen molar-refractivity contribution in [3.8, 4) is 5.75 Å². The molecule has 0 spiro atoms. The highest BCUT2D eigenvalue weighted by Gasteiger charge is 2.39. The van der Waals surface area contributed by atoms with Gasteiger partial charge in [-0.05, 0) is 60.9 Å². The number of carbonyl (C=O) groups is 1. The molecule has 0 amide bonds. The Morgan fingerprint density at radius 2 is 2.04 bits per heavy atom. The van der Waals surface area contributed by atoms with Crippen LogP contribution in [-0.2, 0) is 22.4 Å². The van der Waals surface area contributed by atoms with Crippen LogP contribution >= 0.6 is 11.3 Å². The van der Waals surface area contributed by atoms with Crippen LogP contribution in [0.1, 0.15) is 34.9 Å². The summed E-state index contributed by atoms with van der Waals surface area (Å²) in [5.74, 6) is -0.271. The number of aryl methyl sites for hydroxylation is 4. The number of rotatable bonds is 8. The van der Waals surface area contributed by atoms with Crippen LogP contribution in [0, 0.1) is 19.3 Å². The third-order valence-corrected chi connectivity index (χ3v) is 6.05. The predicted molar refractivity (Wildman–Crippen MR) is 103 cm³/mol. The van der Waals surface area contributed by atoms with Gasteiger partial charge in [0, 0.05) is 16.7 Å². The second-order valence-corrected chi connectivity index (χ2v) is 8.58. The van der Waals surface area contributed by atoms with E-state index in [1.54, 1.807) is 11.3 Å². The molecule has 0 radical (unpaired) electrons. The Morgan fingerprint density at radius 1 is 1.27 bits per heavy atom. The number of aliphatic carboxylic acids is 1. The van der Waals surface area contributed by atoms with E-state index in [0.29, 0.717) is 25.4 Å². The smallest absolute Gasteiger partial charge is 0.344 e. The van der Waals surface area contributed by atoms with Gasteiger partial charge in [-0.15, -0.1) is 11.3 Å². The van der Waals surface area contributed by atoms with Crippen LogP contribution in [0.4, 0.5) is 0 Å². The predicted octanol–water partition coefficient (Wildman–Crippen LogP) is 4.41. The van der Waals surface area contributed by atoms with Gasteiger partial charge >= 0.3 is 5.97 Å². The molecule has 2 heterocycles. The second kappa shape index (κ2) is 7.80. The lowest BCUT2D eigenvalue weighted by atomic mass is 9.82. The summed E-state index contributed by atoms with van der Waals surface area (Å²) < 4.78 is 11.1. The third-order valence-electron chi connectivity index (χ3n) is 4.97. The molecule has 1 fully saturated rings. The molecular weight excluding hydrogens is 348 g/mol. The molecule has 1 saturated heterocycles. The number of thiophene rings is 1. The topological polar surface area (TPSA) is 55.8 Å².